The molecule has 5 nitrogen and oxygen atoms in total. The second-order valence-electron chi connectivity index (χ2n) is 5.81. The molecular weight excluding hydrogens is 290 g/mol. The van der Waals surface area contributed by atoms with Gasteiger partial charge in [-0.15, -0.1) is 0 Å². The van der Waals surface area contributed by atoms with Gasteiger partial charge in [-0.3, -0.25) is 5.10 Å². The fourth-order valence-electron chi connectivity index (χ4n) is 2.67. The van der Waals surface area contributed by atoms with E-state index in [-0.39, 0.29) is 5.69 Å². The number of nitrogens with one attached hydrogen (secondary N) is 2. The Hall–Kier alpha value is -2.82. The van der Waals surface area contributed by atoms with Gasteiger partial charge in [-0.25, -0.2) is 4.79 Å². The average Bonchev–Trinajstić information content (AvgIpc) is 2.97. The molecule has 1 unspecified atom stereocenters. The smallest absolute Gasteiger partial charge is 0.357 e. The number of carbonyl (C=O) groups is 1. The molecule has 0 fully saturated rings. The third-order valence-electron chi connectivity index (χ3n) is 3.85. The number of nitrogens with zero attached hydrogens (tertiary/aromatic N) is 1. The van der Waals surface area contributed by atoms with Crippen molar-refractivity contribution in [1.29, 1.82) is 0 Å². The molecule has 0 radical (unpaired) electrons. The number of benzene rings is 2. The van der Waals surface area contributed by atoms with E-state index in [1.807, 2.05) is 24.3 Å². The SMILES string of the molecule is CC(CNc1ccc2[nH]nc(C(=O)O)c2c1)Cc1ccccc1. The Bertz CT molecular complexity index is 812. The molecule has 0 saturated heterocycles. The lowest BCUT2D eigenvalue weighted by molar-refractivity contribution is 0.0692. The van der Waals surface area contributed by atoms with Gasteiger partial charge in [-0.05, 0) is 36.1 Å². The molecular formula is C18H19N3O2. The summed E-state index contributed by atoms with van der Waals surface area (Å²) >= 11 is 0. The number of anilines is 1. The van der Waals surface area contributed by atoms with E-state index < -0.39 is 5.97 Å². The third kappa shape index (κ3) is 3.51. The predicted octanol–water partition coefficient (Wildman–Crippen LogP) is 3.55. The zero-order valence-electron chi connectivity index (χ0n) is 12.9. The molecule has 0 aliphatic heterocycles. The first-order chi connectivity index (χ1) is 11.1. The van der Waals surface area contributed by atoms with Gasteiger partial charge >= 0.3 is 5.97 Å². The second-order valence-corrected chi connectivity index (χ2v) is 5.81. The number of carboxylic acids is 1. The monoisotopic (exact) mass is 309 g/mol. The van der Waals surface area contributed by atoms with Gasteiger partial charge in [-0.1, -0.05) is 37.3 Å². The van der Waals surface area contributed by atoms with E-state index in [1.165, 1.54) is 5.56 Å². The van der Waals surface area contributed by atoms with E-state index in [1.54, 1.807) is 0 Å². The van der Waals surface area contributed by atoms with Gasteiger partial charge in [0.05, 0.1) is 5.52 Å². The molecule has 1 atom stereocenters. The third-order valence-corrected chi connectivity index (χ3v) is 3.85. The van der Waals surface area contributed by atoms with Crippen LogP contribution in [0.1, 0.15) is 23.0 Å². The summed E-state index contributed by atoms with van der Waals surface area (Å²) < 4.78 is 0. The average molecular weight is 309 g/mol. The summed E-state index contributed by atoms with van der Waals surface area (Å²) in [5.41, 5.74) is 3.01. The summed E-state index contributed by atoms with van der Waals surface area (Å²) in [6.07, 6.45) is 1.00. The van der Waals surface area contributed by atoms with Crippen molar-refractivity contribution in [2.75, 3.05) is 11.9 Å². The van der Waals surface area contributed by atoms with E-state index in [0.29, 0.717) is 11.3 Å². The van der Waals surface area contributed by atoms with E-state index in [4.69, 9.17) is 5.11 Å². The zero-order chi connectivity index (χ0) is 16.2. The van der Waals surface area contributed by atoms with Crippen LogP contribution in [0.25, 0.3) is 10.9 Å². The molecule has 118 valence electrons. The zero-order valence-corrected chi connectivity index (χ0v) is 12.9. The fraction of sp³-hybridized carbons (Fsp3) is 0.222. The van der Waals surface area contributed by atoms with Crippen LogP contribution in [0.4, 0.5) is 5.69 Å². The lowest BCUT2D eigenvalue weighted by atomic mass is 10.0. The number of H-pyrrole nitrogens is 1. The van der Waals surface area contributed by atoms with Gasteiger partial charge in [0.25, 0.3) is 0 Å². The molecule has 23 heavy (non-hydrogen) atoms. The number of hydrogen-bond donors (Lipinski definition) is 3. The van der Waals surface area contributed by atoms with Crippen LogP contribution in [0, 0.1) is 5.92 Å². The summed E-state index contributed by atoms with van der Waals surface area (Å²) in [5.74, 6) is -0.553. The summed E-state index contributed by atoms with van der Waals surface area (Å²) in [6, 6.07) is 16.0. The number of carboxylic acid groups (broad SMARTS) is 1. The molecule has 1 heterocycles. The quantitative estimate of drug-likeness (QED) is 0.650. The lowest BCUT2D eigenvalue weighted by Gasteiger charge is -2.14. The van der Waals surface area contributed by atoms with Crippen LogP contribution < -0.4 is 5.32 Å². The largest absolute Gasteiger partial charge is 0.476 e. The van der Waals surface area contributed by atoms with Crippen LogP contribution in [-0.4, -0.2) is 27.8 Å². The summed E-state index contributed by atoms with van der Waals surface area (Å²) in [4.78, 5) is 11.2. The number of hydrogen-bond acceptors (Lipinski definition) is 3. The molecule has 1 aromatic heterocycles. The number of aromatic nitrogens is 2. The van der Waals surface area contributed by atoms with Crippen molar-refractivity contribution in [1.82, 2.24) is 10.2 Å². The van der Waals surface area contributed by atoms with Gasteiger partial charge in [0, 0.05) is 17.6 Å². The highest BCUT2D eigenvalue weighted by atomic mass is 16.4. The fourth-order valence-corrected chi connectivity index (χ4v) is 2.67. The Morgan fingerprint density at radius 2 is 2.04 bits per heavy atom. The maximum atomic E-state index is 11.2. The molecule has 0 spiro atoms. The first-order valence-electron chi connectivity index (χ1n) is 7.62. The highest BCUT2D eigenvalue weighted by molar-refractivity contribution is 6.01. The summed E-state index contributed by atoms with van der Waals surface area (Å²) in [6.45, 7) is 3.01. The summed E-state index contributed by atoms with van der Waals surface area (Å²) in [5, 5.41) is 19.7. The van der Waals surface area contributed by atoms with Gasteiger partial charge in [-0.2, -0.15) is 5.10 Å². The van der Waals surface area contributed by atoms with E-state index in [2.05, 4.69) is 46.7 Å². The molecule has 0 aliphatic rings. The Labute approximate surface area is 134 Å². The van der Waals surface area contributed by atoms with Gasteiger partial charge in [0.1, 0.15) is 0 Å². The topological polar surface area (TPSA) is 78.0 Å². The standard InChI is InChI=1S/C18H19N3O2/c1-12(9-13-5-3-2-4-6-13)11-19-14-7-8-16-15(10-14)17(18(22)23)21-20-16/h2-8,10,12,19H,9,11H2,1H3,(H,20,21)(H,22,23). The van der Waals surface area contributed by atoms with Gasteiger partial charge < -0.3 is 10.4 Å². The maximum Gasteiger partial charge on any atom is 0.357 e. The van der Waals surface area contributed by atoms with Gasteiger partial charge in [0.15, 0.2) is 5.69 Å². The molecule has 0 bridgehead atoms. The number of aromatic amines is 1. The molecule has 5 heteroatoms. The highest BCUT2D eigenvalue weighted by Gasteiger charge is 2.13. The normalized spacial score (nSPS) is 12.2. The predicted molar refractivity (Wildman–Crippen MR) is 90.9 cm³/mol. The first-order valence-corrected chi connectivity index (χ1v) is 7.62. The molecule has 0 saturated carbocycles. The van der Waals surface area contributed by atoms with Gasteiger partial charge in [0.2, 0.25) is 0 Å². The Morgan fingerprint density at radius 1 is 1.26 bits per heavy atom. The minimum absolute atomic E-state index is 0.0565. The number of fused-ring (bicyclic) bond motifs is 1. The number of rotatable bonds is 6. The Kier molecular flexibility index (Phi) is 4.28. The van der Waals surface area contributed by atoms with Crippen LogP contribution in [0.15, 0.2) is 48.5 Å². The van der Waals surface area contributed by atoms with Crippen LogP contribution >= 0.6 is 0 Å². The van der Waals surface area contributed by atoms with Crippen molar-refractivity contribution in [3.05, 3.63) is 59.8 Å². The van der Waals surface area contributed by atoms with E-state index in [9.17, 15) is 4.79 Å². The second kappa shape index (κ2) is 6.52. The van der Waals surface area contributed by atoms with E-state index >= 15 is 0 Å². The van der Waals surface area contributed by atoms with Crippen LogP contribution in [0.2, 0.25) is 0 Å². The van der Waals surface area contributed by atoms with Crippen molar-refractivity contribution >= 4 is 22.6 Å². The van der Waals surface area contributed by atoms with Crippen molar-refractivity contribution < 1.29 is 9.90 Å². The lowest BCUT2D eigenvalue weighted by Crippen LogP contribution is -2.13. The maximum absolute atomic E-state index is 11.2. The van der Waals surface area contributed by atoms with Crippen LogP contribution in [0.3, 0.4) is 0 Å². The highest BCUT2D eigenvalue weighted by Crippen LogP contribution is 2.21. The van der Waals surface area contributed by atoms with Crippen molar-refractivity contribution in [2.45, 2.75) is 13.3 Å². The molecule has 0 amide bonds. The minimum atomic E-state index is -1.02. The molecule has 0 aliphatic carbocycles. The van der Waals surface area contributed by atoms with Crippen molar-refractivity contribution in [3.63, 3.8) is 0 Å². The first kappa shape index (κ1) is 15.1. The van der Waals surface area contributed by atoms with E-state index in [0.717, 1.165) is 24.2 Å². The molecule has 3 N–H and O–H groups in total. The minimum Gasteiger partial charge on any atom is -0.476 e. The Morgan fingerprint density at radius 3 is 2.78 bits per heavy atom. The number of aromatic carboxylic acids is 1. The molecule has 3 aromatic rings. The molecule has 2 aromatic carbocycles. The summed E-state index contributed by atoms with van der Waals surface area (Å²) in [7, 11) is 0. The van der Waals surface area contributed by atoms with Crippen molar-refractivity contribution in [2.24, 2.45) is 5.92 Å². The van der Waals surface area contributed by atoms with Crippen LogP contribution in [0.5, 0.6) is 0 Å². The van der Waals surface area contributed by atoms with Crippen molar-refractivity contribution in [3.8, 4) is 0 Å². The van der Waals surface area contributed by atoms with Crippen LogP contribution in [-0.2, 0) is 6.42 Å². The Balaban J connectivity index is 1.67. The molecule has 3 rings (SSSR count).